The molecule has 0 N–H and O–H groups in total. The van der Waals surface area contributed by atoms with E-state index < -0.39 is 35.1 Å². The molecule has 0 saturated heterocycles. The molecule has 0 saturated carbocycles. The molecule has 144 valence electrons. The lowest BCUT2D eigenvalue weighted by Gasteiger charge is -2.20. The lowest BCUT2D eigenvalue weighted by molar-refractivity contribution is -0.123. The Balaban J connectivity index is 3.46. The van der Waals surface area contributed by atoms with Crippen molar-refractivity contribution in [2.75, 3.05) is 10.7 Å². The Labute approximate surface area is 156 Å². The van der Waals surface area contributed by atoms with Crippen LogP contribution in [-0.4, -0.2) is 29.5 Å². The van der Waals surface area contributed by atoms with Crippen LogP contribution in [0.5, 0.6) is 0 Å². The maximum absolute atomic E-state index is 14.3. The largest absolute Gasteiger partial charge is 0.412 e. The van der Waals surface area contributed by atoms with Crippen molar-refractivity contribution in [2.45, 2.75) is 31.8 Å². The number of halogens is 4. The third-order valence-electron chi connectivity index (χ3n) is 3.16. The highest BCUT2D eigenvalue weighted by molar-refractivity contribution is 8.00. The fraction of sp³-hybridized carbons (Fsp3) is 0.294. The number of imide groups is 1. The summed E-state index contributed by atoms with van der Waals surface area (Å²) < 4.78 is 52.2. The normalized spacial score (nSPS) is 11.7. The van der Waals surface area contributed by atoms with Crippen LogP contribution >= 0.6 is 11.8 Å². The summed E-state index contributed by atoms with van der Waals surface area (Å²) in [7, 11) is 0. The highest BCUT2D eigenvalue weighted by Crippen LogP contribution is 2.31. The number of anilines is 1. The highest BCUT2D eigenvalue weighted by atomic mass is 32.2. The molecule has 1 aromatic carbocycles. The third kappa shape index (κ3) is 5.92. The molecule has 0 unspecified atom stereocenters. The second kappa shape index (κ2) is 8.81. The number of carbonyl (C=O) groups is 3. The molecule has 1 aromatic rings. The van der Waals surface area contributed by atoms with E-state index in [1.165, 1.54) is 6.92 Å². The number of Topliss-reactive ketones (excluding diaryl/α,β-unsaturated/α-hetero) is 1. The number of nitriles is 1. The smallest absolute Gasteiger partial charge is 0.299 e. The van der Waals surface area contributed by atoms with Gasteiger partial charge in [-0.1, -0.05) is 0 Å². The van der Waals surface area contributed by atoms with Crippen molar-refractivity contribution in [3.8, 4) is 6.07 Å². The standard InChI is InChI=1S/C17H14F4N2O3S/c1-9(17(19,20)21)4-16(26)23(11(3)25)14-6-15(27-8-10(2)24)12(7-22)5-13(14)18/h4-6H,8H2,1-3H3/b9-4+. The summed E-state index contributed by atoms with van der Waals surface area (Å²) in [4.78, 5) is 35.4. The summed E-state index contributed by atoms with van der Waals surface area (Å²) in [6.07, 6.45) is -4.61. The van der Waals surface area contributed by atoms with Crippen LogP contribution in [0.15, 0.2) is 28.7 Å². The number of allylic oxidation sites excluding steroid dienone is 1. The van der Waals surface area contributed by atoms with Gasteiger partial charge >= 0.3 is 6.18 Å². The van der Waals surface area contributed by atoms with Crippen molar-refractivity contribution >= 4 is 35.0 Å². The van der Waals surface area contributed by atoms with Gasteiger partial charge in [-0.25, -0.2) is 9.29 Å². The molecule has 2 amide bonds. The second-order valence-corrected chi connectivity index (χ2v) is 6.44. The van der Waals surface area contributed by atoms with Crippen molar-refractivity contribution in [3.63, 3.8) is 0 Å². The zero-order valence-corrected chi connectivity index (χ0v) is 15.3. The molecule has 0 aromatic heterocycles. The first kappa shape index (κ1) is 22.4. The predicted molar refractivity (Wildman–Crippen MR) is 90.5 cm³/mol. The topological polar surface area (TPSA) is 78.2 Å². The van der Waals surface area contributed by atoms with Gasteiger partial charge in [-0.05, 0) is 26.0 Å². The number of alkyl halides is 3. The molecule has 5 nitrogen and oxygen atoms in total. The molecule has 0 aliphatic rings. The SMILES string of the molecule is CC(=O)CSc1cc(N(C(C)=O)C(=O)/C=C(\C)C(F)(F)F)c(F)cc1C#N. The summed E-state index contributed by atoms with van der Waals surface area (Å²) in [5.41, 5.74) is -2.01. The maximum Gasteiger partial charge on any atom is 0.412 e. The quantitative estimate of drug-likeness (QED) is 0.426. The van der Waals surface area contributed by atoms with Crippen LogP contribution in [0.25, 0.3) is 0 Å². The highest BCUT2D eigenvalue weighted by Gasteiger charge is 2.32. The van der Waals surface area contributed by atoms with E-state index in [0.717, 1.165) is 30.8 Å². The molecule has 0 atom stereocenters. The number of thioether (sulfide) groups is 1. The zero-order valence-electron chi connectivity index (χ0n) is 14.5. The number of ketones is 1. The van der Waals surface area contributed by atoms with Crippen LogP contribution in [0, 0.1) is 17.1 Å². The van der Waals surface area contributed by atoms with Gasteiger partial charge in [-0.3, -0.25) is 14.4 Å². The van der Waals surface area contributed by atoms with E-state index in [2.05, 4.69) is 0 Å². The molecular formula is C17H14F4N2O3S. The molecule has 0 radical (unpaired) electrons. The molecular weight excluding hydrogens is 388 g/mol. The first-order valence-corrected chi connectivity index (χ1v) is 8.33. The molecule has 0 aliphatic heterocycles. The van der Waals surface area contributed by atoms with Crippen molar-refractivity contribution in [2.24, 2.45) is 0 Å². The number of nitrogens with zero attached hydrogens (tertiary/aromatic N) is 2. The van der Waals surface area contributed by atoms with Crippen LogP contribution in [-0.2, 0) is 14.4 Å². The van der Waals surface area contributed by atoms with Gasteiger partial charge in [-0.2, -0.15) is 18.4 Å². The van der Waals surface area contributed by atoms with Crippen molar-refractivity contribution in [1.29, 1.82) is 5.26 Å². The van der Waals surface area contributed by atoms with Gasteiger partial charge in [0, 0.05) is 23.5 Å². The lowest BCUT2D eigenvalue weighted by atomic mass is 10.1. The fourth-order valence-electron chi connectivity index (χ4n) is 1.88. The van der Waals surface area contributed by atoms with Crippen LogP contribution in [0.1, 0.15) is 26.3 Å². The Morgan fingerprint density at radius 2 is 1.81 bits per heavy atom. The zero-order chi connectivity index (χ0) is 20.9. The number of benzene rings is 1. The average molecular weight is 402 g/mol. The average Bonchev–Trinajstić information content (AvgIpc) is 2.53. The summed E-state index contributed by atoms with van der Waals surface area (Å²) in [6, 6.07) is 3.45. The van der Waals surface area contributed by atoms with Crippen molar-refractivity contribution < 1.29 is 31.9 Å². The minimum absolute atomic E-state index is 0.0547. The molecule has 0 spiro atoms. The first-order valence-electron chi connectivity index (χ1n) is 7.34. The number of amides is 2. The van der Waals surface area contributed by atoms with E-state index in [4.69, 9.17) is 5.26 Å². The number of rotatable bonds is 5. The van der Waals surface area contributed by atoms with Crippen LogP contribution < -0.4 is 4.90 Å². The van der Waals surface area contributed by atoms with Crippen molar-refractivity contribution in [1.82, 2.24) is 0 Å². The van der Waals surface area contributed by atoms with Crippen LogP contribution in [0.4, 0.5) is 23.2 Å². The number of hydrogen-bond acceptors (Lipinski definition) is 5. The van der Waals surface area contributed by atoms with E-state index in [1.54, 1.807) is 6.07 Å². The monoisotopic (exact) mass is 402 g/mol. The summed E-state index contributed by atoms with van der Waals surface area (Å²) in [6.45, 7) is 2.81. The summed E-state index contributed by atoms with van der Waals surface area (Å²) in [5.74, 6) is -3.83. The Bertz CT molecular complexity index is 857. The molecule has 0 aliphatic carbocycles. The van der Waals surface area contributed by atoms with Crippen LogP contribution in [0.2, 0.25) is 0 Å². The van der Waals surface area contributed by atoms with Crippen LogP contribution in [0.3, 0.4) is 0 Å². The Morgan fingerprint density at radius 3 is 2.26 bits per heavy atom. The Morgan fingerprint density at radius 1 is 1.22 bits per heavy atom. The van der Waals surface area contributed by atoms with E-state index in [-0.39, 0.29) is 33.0 Å². The van der Waals surface area contributed by atoms with Gasteiger partial charge in [0.15, 0.2) is 0 Å². The Hall–Kier alpha value is -2.67. The van der Waals surface area contributed by atoms with Gasteiger partial charge in [-0.15, -0.1) is 11.8 Å². The predicted octanol–water partition coefficient (Wildman–Crippen LogP) is 3.77. The third-order valence-corrected chi connectivity index (χ3v) is 4.36. The molecule has 0 bridgehead atoms. The van der Waals surface area contributed by atoms with Gasteiger partial charge in [0.25, 0.3) is 5.91 Å². The molecule has 0 heterocycles. The number of carbonyl (C=O) groups excluding carboxylic acids is 3. The molecule has 10 heteroatoms. The summed E-state index contributed by atoms with van der Waals surface area (Å²) >= 11 is 0.878. The van der Waals surface area contributed by atoms with E-state index in [1.807, 2.05) is 0 Å². The van der Waals surface area contributed by atoms with Gasteiger partial charge in [0.05, 0.1) is 17.0 Å². The number of hydrogen-bond donors (Lipinski definition) is 0. The molecule has 0 fully saturated rings. The Kier molecular flexibility index (Phi) is 7.30. The minimum Gasteiger partial charge on any atom is -0.299 e. The molecule has 27 heavy (non-hydrogen) atoms. The van der Waals surface area contributed by atoms with E-state index >= 15 is 0 Å². The van der Waals surface area contributed by atoms with E-state index in [0.29, 0.717) is 6.92 Å². The second-order valence-electron chi connectivity index (χ2n) is 5.42. The fourth-order valence-corrected chi connectivity index (χ4v) is 2.69. The minimum atomic E-state index is -4.79. The maximum atomic E-state index is 14.3. The first-order chi connectivity index (χ1) is 12.4. The summed E-state index contributed by atoms with van der Waals surface area (Å²) in [5, 5.41) is 9.07. The van der Waals surface area contributed by atoms with Gasteiger partial charge < -0.3 is 0 Å². The van der Waals surface area contributed by atoms with Gasteiger partial charge in [0.2, 0.25) is 5.91 Å². The van der Waals surface area contributed by atoms with Gasteiger partial charge in [0.1, 0.15) is 17.7 Å². The van der Waals surface area contributed by atoms with E-state index in [9.17, 15) is 31.9 Å². The van der Waals surface area contributed by atoms with Crippen molar-refractivity contribution in [3.05, 3.63) is 35.2 Å². The lowest BCUT2D eigenvalue weighted by Crippen LogP contribution is -2.35. The molecule has 1 rings (SSSR count).